The number of nitro benzene ring substituents is 1. The Hall–Kier alpha value is -4.54. The lowest BCUT2D eigenvalue weighted by Gasteiger charge is -2.19. The number of nitro groups is 1. The largest absolute Gasteiger partial charge is 0.482 e. The SMILES string of the molecule is O=C(COc1ccc(S(=O)(=O)OCc2ccccc2[N+](=O)[O-])cc1)OC(c1ccccc1)c1ccccc1. The van der Waals surface area contributed by atoms with Crippen LogP contribution in [0.2, 0.25) is 0 Å². The molecule has 194 valence electrons. The lowest BCUT2D eigenvalue weighted by molar-refractivity contribution is -0.385. The molecule has 4 aromatic carbocycles. The van der Waals surface area contributed by atoms with Crippen LogP contribution in [0.1, 0.15) is 22.8 Å². The predicted molar refractivity (Wildman–Crippen MR) is 138 cm³/mol. The van der Waals surface area contributed by atoms with E-state index in [4.69, 9.17) is 13.7 Å². The van der Waals surface area contributed by atoms with Crippen molar-refractivity contribution in [3.8, 4) is 5.75 Å². The number of benzene rings is 4. The van der Waals surface area contributed by atoms with Gasteiger partial charge in [-0.15, -0.1) is 0 Å². The molecular formula is C28H23NO8S. The summed E-state index contributed by atoms with van der Waals surface area (Å²) in [6, 6.07) is 29.6. The van der Waals surface area contributed by atoms with Crippen LogP contribution in [0.4, 0.5) is 5.69 Å². The fraction of sp³-hybridized carbons (Fsp3) is 0.107. The molecule has 0 aliphatic carbocycles. The van der Waals surface area contributed by atoms with Crippen molar-refractivity contribution in [1.29, 1.82) is 0 Å². The molecule has 0 heterocycles. The van der Waals surface area contributed by atoms with Gasteiger partial charge in [0.25, 0.3) is 15.8 Å². The summed E-state index contributed by atoms with van der Waals surface area (Å²) in [5, 5.41) is 11.1. The topological polar surface area (TPSA) is 122 Å². The molecule has 0 aliphatic rings. The normalized spacial score (nSPS) is 11.2. The Morgan fingerprint density at radius 3 is 1.92 bits per heavy atom. The highest BCUT2D eigenvalue weighted by molar-refractivity contribution is 7.86. The van der Waals surface area contributed by atoms with Crippen molar-refractivity contribution in [2.75, 3.05) is 6.61 Å². The van der Waals surface area contributed by atoms with E-state index in [0.29, 0.717) is 0 Å². The summed E-state index contributed by atoms with van der Waals surface area (Å²) < 4.78 is 41.3. The second-order valence-electron chi connectivity index (χ2n) is 8.05. The molecule has 0 amide bonds. The second kappa shape index (κ2) is 12.1. The summed E-state index contributed by atoms with van der Waals surface area (Å²) in [4.78, 5) is 22.9. The number of esters is 1. The molecule has 38 heavy (non-hydrogen) atoms. The average Bonchev–Trinajstić information content (AvgIpc) is 2.95. The first-order valence-electron chi connectivity index (χ1n) is 11.5. The molecule has 0 saturated heterocycles. The van der Waals surface area contributed by atoms with Gasteiger partial charge in [0.05, 0.1) is 22.0 Å². The molecule has 0 bridgehead atoms. The minimum atomic E-state index is -4.20. The number of para-hydroxylation sites is 1. The van der Waals surface area contributed by atoms with Crippen molar-refractivity contribution in [3.05, 3.63) is 136 Å². The van der Waals surface area contributed by atoms with E-state index in [2.05, 4.69) is 0 Å². The molecule has 4 aromatic rings. The van der Waals surface area contributed by atoms with Gasteiger partial charge in [-0.25, -0.2) is 4.79 Å². The van der Waals surface area contributed by atoms with Crippen molar-refractivity contribution < 1.29 is 31.8 Å². The van der Waals surface area contributed by atoms with E-state index in [0.717, 1.165) is 11.1 Å². The third kappa shape index (κ3) is 6.81. The van der Waals surface area contributed by atoms with Crippen molar-refractivity contribution in [2.45, 2.75) is 17.6 Å². The highest BCUT2D eigenvalue weighted by Crippen LogP contribution is 2.26. The summed E-state index contributed by atoms with van der Waals surface area (Å²) >= 11 is 0. The Bertz CT molecular complexity index is 1450. The molecule has 0 fully saturated rings. The van der Waals surface area contributed by atoms with Crippen LogP contribution in [-0.2, 0) is 30.4 Å². The highest BCUT2D eigenvalue weighted by Gasteiger charge is 2.21. The summed E-state index contributed by atoms with van der Waals surface area (Å²) in [5.74, 6) is -0.359. The van der Waals surface area contributed by atoms with Crippen LogP contribution < -0.4 is 4.74 Å². The Balaban J connectivity index is 1.36. The van der Waals surface area contributed by atoms with Gasteiger partial charge in [0.2, 0.25) is 0 Å². The standard InChI is InChI=1S/C28H23NO8S/c30-27(37-28(21-9-3-1-4-10-21)22-11-5-2-6-12-22)20-35-24-15-17-25(18-16-24)38(33,34)36-19-23-13-7-8-14-26(23)29(31)32/h1-18,28H,19-20H2. The van der Waals surface area contributed by atoms with E-state index >= 15 is 0 Å². The van der Waals surface area contributed by atoms with Gasteiger partial charge in [-0.05, 0) is 41.5 Å². The molecule has 0 saturated carbocycles. The van der Waals surface area contributed by atoms with Crippen molar-refractivity contribution >= 4 is 21.8 Å². The van der Waals surface area contributed by atoms with Crippen molar-refractivity contribution in [2.24, 2.45) is 0 Å². The third-order valence-electron chi connectivity index (χ3n) is 5.48. The first-order chi connectivity index (χ1) is 18.3. The fourth-order valence-electron chi connectivity index (χ4n) is 3.61. The van der Waals surface area contributed by atoms with Gasteiger partial charge in [0.1, 0.15) is 5.75 Å². The van der Waals surface area contributed by atoms with E-state index in [1.165, 1.54) is 42.5 Å². The van der Waals surface area contributed by atoms with Crippen LogP contribution in [0.3, 0.4) is 0 Å². The number of carbonyl (C=O) groups is 1. The van der Waals surface area contributed by atoms with E-state index in [1.807, 2.05) is 60.7 Å². The zero-order chi connectivity index (χ0) is 27.0. The number of nitrogens with zero attached hydrogens (tertiary/aromatic N) is 1. The van der Waals surface area contributed by atoms with Crippen LogP contribution in [0.25, 0.3) is 0 Å². The summed E-state index contributed by atoms with van der Waals surface area (Å²) in [5.41, 5.74) is 1.51. The molecule has 0 N–H and O–H groups in total. The summed E-state index contributed by atoms with van der Waals surface area (Å²) in [7, 11) is -4.20. The molecule has 0 aromatic heterocycles. The summed E-state index contributed by atoms with van der Waals surface area (Å²) in [6.07, 6.45) is -0.612. The first kappa shape index (κ1) is 26.5. The van der Waals surface area contributed by atoms with Gasteiger partial charge in [0, 0.05) is 6.07 Å². The Labute approximate surface area is 219 Å². The first-order valence-corrected chi connectivity index (χ1v) is 12.9. The number of hydrogen-bond acceptors (Lipinski definition) is 8. The lowest BCUT2D eigenvalue weighted by Crippen LogP contribution is -2.19. The molecular weight excluding hydrogens is 510 g/mol. The van der Waals surface area contributed by atoms with Gasteiger partial charge in [-0.3, -0.25) is 14.3 Å². The maximum Gasteiger partial charge on any atom is 0.345 e. The lowest BCUT2D eigenvalue weighted by atomic mass is 10.0. The van der Waals surface area contributed by atoms with E-state index < -0.39 is 40.3 Å². The number of ether oxygens (including phenoxy) is 2. The van der Waals surface area contributed by atoms with E-state index in [9.17, 15) is 23.3 Å². The fourth-order valence-corrected chi connectivity index (χ4v) is 4.50. The summed E-state index contributed by atoms with van der Waals surface area (Å²) in [6.45, 7) is -0.885. The number of hydrogen-bond donors (Lipinski definition) is 0. The Morgan fingerprint density at radius 2 is 1.34 bits per heavy atom. The predicted octanol–water partition coefficient (Wildman–Crippen LogP) is 5.21. The van der Waals surface area contributed by atoms with E-state index in [-0.39, 0.29) is 21.9 Å². The van der Waals surface area contributed by atoms with Crippen LogP contribution >= 0.6 is 0 Å². The van der Waals surface area contributed by atoms with Gasteiger partial charge in [-0.1, -0.05) is 72.8 Å². The number of carbonyl (C=O) groups excluding carboxylic acids is 1. The third-order valence-corrected chi connectivity index (χ3v) is 6.76. The zero-order valence-electron chi connectivity index (χ0n) is 20.0. The molecule has 0 spiro atoms. The smallest absolute Gasteiger partial charge is 0.345 e. The monoisotopic (exact) mass is 533 g/mol. The quantitative estimate of drug-likeness (QED) is 0.111. The molecule has 0 radical (unpaired) electrons. The highest BCUT2D eigenvalue weighted by atomic mass is 32.2. The van der Waals surface area contributed by atoms with Crippen LogP contribution in [0, 0.1) is 10.1 Å². The van der Waals surface area contributed by atoms with Crippen LogP contribution in [-0.4, -0.2) is 25.9 Å². The van der Waals surface area contributed by atoms with Crippen LogP contribution in [0.15, 0.2) is 114 Å². The van der Waals surface area contributed by atoms with Gasteiger partial charge in [0.15, 0.2) is 12.7 Å². The zero-order valence-corrected chi connectivity index (χ0v) is 20.8. The molecule has 0 unspecified atom stereocenters. The maximum atomic E-state index is 12.6. The average molecular weight is 534 g/mol. The molecule has 9 nitrogen and oxygen atoms in total. The van der Waals surface area contributed by atoms with Gasteiger partial charge >= 0.3 is 5.97 Å². The Morgan fingerprint density at radius 1 is 0.789 bits per heavy atom. The van der Waals surface area contributed by atoms with Crippen molar-refractivity contribution in [3.63, 3.8) is 0 Å². The molecule has 4 rings (SSSR count). The van der Waals surface area contributed by atoms with Gasteiger partial charge in [-0.2, -0.15) is 8.42 Å². The number of rotatable bonds is 11. The minimum Gasteiger partial charge on any atom is -0.482 e. The van der Waals surface area contributed by atoms with Gasteiger partial charge < -0.3 is 9.47 Å². The minimum absolute atomic E-state index is 0.129. The second-order valence-corrected chi connectivity index (χ2v) is 9.67. The van der Waals surface area contributed by atoms with E-state index in [1.54, 1.807) is 6.07 Å². The maximum absolute atomic E-state index is 12.6. The Kier molecular flexibility index (Phi) is 8.47. The molecule has 0 aliphatic heterocycles. The van der Waals surface area contributed by atoms with Crippen LogP contribution in [0.5, 0.6) is 5.75 Å². The van der Waals surface area contributed by atoms with Crippen molar-refractivity contribution in [1.82, 2.24) is 0 Å². The molecule has 0 atom stereocenters. The molecule has 10 heteroatoms.